The molecule has 0 unspecified atom stereocenters. The fourth-order valence-electron chi connectivity index (χ4n) is 3.13. The first-order valence-corrected chi connectivity index (χ1v) is 9.52. The maximum atomic E-state index is 12.3. The number of esters is 1. The van der Waals surface area contributed by atoms with E-state index in [1.165, 1.54) is 6.42 Å². The second kappa shape index (κ2) is 9.78. The van der Waals surface area contributed by atoms with Crippen molar-refractivity contribution in [1.29, 1.82) is 0 Å². The molecule has 6 heteroatoms. The maximum Gasteiger partial charge on any atom is 0.344 e. The Morgan fingerprint density at radius 1 is 0.929 bits per heavy atom. The van der Waals surface area contributed by atoms with Gasteiger partial charge in [-0.15, -0.1) is 0 Å². The highest BCUT2D eigenvalue weighted by molar-refractivity contribution is 6.04. The third-order valence-electron chi connectivity index (χ3n) is 4.67. The van der Waals surface area contributed by atoms with E-state index in [0.717, 1.165) is 31.4 Å². The minimum absolute atomic E-state index is 0.0221. The van der Waals surface area contributed by atoms with Crippen LogP contribution in [-0.2, 0) is 9.53 Å². The molecule has 1 fully saturated rings. The third kappa shape index (κ3) is 5.74. The summed E-state index contributed by atoms with van der Waals surface area (Å²) >= 11 is 0. The molecule has 1 amide bonds. The van der Waals surface area contributed by atoms with Gasteiger partial charge in [0.25, 0.3) is 5.91 Å². The average molecular weight is 383 g/mol. The van der Waals surface area contributed by atoms with Crippen LogP contribution in [0.25, 0.3) is 0 Å². The summed E-state index contributed by atoms with van der Waals surface area (Å²) in [4.78, 5) is 24.2. The number of anilines is 1. The van der Waals surface area contributed by atoms with Crippen LogP contribution in [0.3, 0.4) is 0 Å². The van der Waals surface area contributed by atoms with Crippen molar-refractivity contribution in [2.45, 2.75) is 38.2 Å². The fourth-order valence-corrected chi connectivity index (χ4v) is 3.13. The molecule has 1 N–H and O–H groups in total. The van der Waals surface area contributed by atoms with Crippen molar-refractivity contribution in [3.05, 3.63) is 54.1 Å². The van der Waals surface area contributed by atoms with Gasteiger partial charge in [-0.1, -0.05) is 6.42 Å². The quantitative estimate of drug-likeness (QED) is 0.725. The molecule has 28 heavy (non-hydrogen) atoms. The number of hydrogen-bond donors (Lipinski definition) is 1. The van der Waals surface area contributed by atoms with Gasteiger partial charge in [0.05, 0.1) is 7.11 Å². The SMILES string of the molecule is COc1ccc(NC(=O)c2ccc(OCC(=O)OC3CCCCC3)cc2)cc1. The normalized spacial score (nSPS) is 14.2. The number of ether oxygens (including phenoxy) is 3. The molecule has 6 nitrogen and oxygen atoms in total. The van der Waals surface area contributed by atoms with Gasteiger partial charge in [-0.2, -0.15) is 0 Å². The van der Waals surface area contributed by atoms with E-state index in [1.807, 2.05) is 0 Å². The van der Waals surface area contributed by atoms with Crippen LogP contribution in [0.1, 0.15) is 42.5 Å². The van der Waals surface area contributed by atoms with Crippen molar-refractivity contribution in [2.75, 3.05) is 19.0 Å². The zero-order valence-electron chi connectivity index (χ0n) is 16.0. The standard InChI is InChI=1S/C22H25NO5/c1-26-18-13-9-17(10-14-18)23-22(25)16-7-11-19(12-8-16)27-15-21(24)28-20-5-3-2-4-6-20/h7-14,20H,2-6,15H2,1H3,(H,23,25). The summed E-state index contributed by atoms with van der Waals surface area (Å²) in [6.07, 6.45) is 5.32. The molecule has 2 aromatic rings. The molecule has 1 saturated carbocycles. The molecule has 2 aromatic carbocycles. The van der Waals surface area contributed by atoms with Gasteiger partial charge in [0.1, 0.15) is 17.6 Å². The van der Waals surface area contributed by atoms with Crippen LogP contribution in [0.2, 0.25) is 0 Å². The summed E-state index contributed by atoms with van der Waals surface area (Å²) in [6, 6.07) is 13.7. The number of benzene rings is 2. The predicted octanol–water partition coefficient (Wildman–Crippen LogP) is 4.20. The van der Waals surface area contributed by atoms with Crippen LogP contribution in [0, 0.1) is 0 Å². The molecule has 0 bridgehead atoms. The van der Waals surface area contributed by atoms with Gasteiger partial charge in [0.15, 0.2) is 6.61 Å². The Labute approximate surface area is 164 Å². The van der Waals surface area contributed by atoms with E-state index < -0.39 is 0 Å². The van der Waals surface area contributed by atoms with E-state index in [9.17, 15) is 9.59 Å². The van der Waals surface area contributed by atoms with E-state index in [-0.39, 0.29) is 24.6 Å². The van der Waals surface area contributed by atoms with Gasteiger partial charge in [0.2, 0.25) is 0 Å². The van der Waals surface area contributed by atoms with Crippen molar-refractivity contribution in [3.8, 4) is 11.5 Å². The molecular formula is C22H25NO5. The first-order valence-electron chi connectivity index (χ1n) is 9.52. The Morgan fingerprint density at radius 3 is 2.21 bits per heavy atom. The van der Waals surface area contributed by atoms with Crippen molar-refractivity contribution in [2.24, 2.45) is 0 Å². The van der Waals surface area contributed by atoms with Gasteiger partial charge in [0, 0.05) is 11.3 Å². The van der Waals surface area contributed by atoms with Gasteiger partial charge < -0.3 is 19.5 Å². The molecule has 148 valence electrons. The number of amides is 1. The Kier molecular flexibility index (Phi) is 6.89. The number of nitrogens with one attached hydrogen (secondary N) is 1. The smallest absolute Gasteiger partial charge is 0.344 e. The zero-order chi connectivity index (χ0) is 19.8. The Bertz CT molecular complexity index is 780. The van der Waals surface area contributed by atoms with Gasteiger partial charge in [-0.3, -0.25) is 4.79 Å². The summed E-state index contributed by atoms with van der Waals surface area (Å²) in [7, 11) is 1.59. The van der Waals surface area contributed by atoms with Crippen molar-refractivity contribution >= 4 is 17.6 Å². The summed E-state index contributed by atoms with van der Waals surface area (Å²) in [5.41, 5.74) is 1.17. The summed E-state index contributed by atoms with van der Waals surface area (Å²) in [5, 5.41) is 2.82. The molecule has 0 saturated heterocycles. The lowest BCUT2D eigenvalue weighted by atomic mass is 9.98. The van der Waals surface area contributed by atoms with Gasteiger partial charge >= 0.3 is 5.97 Å². The van der Waals surface area contributed by atoms with E-state index in [2.05, 4.69) is 5.32 Å². The highest BCUT2D eigenvalue weighted by Gasteiger charge is 2.18. The number of hydrogen-bond acceptors (Lipinski definition) is 5. The summed E-state index contributed by atoms with van der Waals surface area (Å²) in [6.45, 7) is -0.131. The Hall–Kier alpha value is -3.02. The zero-order valence-corrected chi connectivity index (χ0v) is 16.0. The number of carbonyl (C=O) groups is 2. The molecule has 3 rings (SSSR count). The minimum atomic E-state index is -0.353. The van der Waals surface area contributed by atoms with Crippen molar-refractivity contribution < 1.29 is 23.8 Å². The van der Waals surface area contributed by atoms with E-state index in [1.54, 1.807) is 55.6 Å². The highest BCUT2D eigenvalue weighted by Crippen LogP contribution is 2.21. The van der Waals surface area contributed by atoms with E-state index >= 15 is 0 Å². The van der Waals surface area contributed by atoms with Crippen molar-refractivity contribution in [1.82, 2.24) is 0 Å². The lowest BCUT2D eigenvalue weighted by Crippen LogP contribution is -2.24. The van der Waals surface area contributed by atoms with Crippen LogP contribution in [0.5, 0.6) is 11.5 Å². The summed E-state index contributed by atoms with van der Waals surface area (Å²) < 4.78 is 16.0. The largest absolute Gasteiger partial charge is 0.497 e. The lowest BCUT2D eigenvalue weighted by Gasteiger charge is -2.21. The average Bonchev–Trinajstić information content (AvgIpc) is 2.74. The van der Waals surface area contributed by atoms with Crippen LogP contribution < -0.4 is 14.8 Å². The van der Waals surface area contributed by atoms with E-state index in [4.69, 9.17) is 14.2 Å². The third-order valence-corrected chi connectivity index (χ3v) is 4.67. The highest BCUT2D eigenvalue weighted by atomic mass is 16.6. The lowest BCUT2D eigenvalue weighted by molar-refractivity contribution is -0.152. The maximum absolute atomic E-state index is 12.3. The van der Waals surface area contributed by atoms with E-state index in [0.29, 0.717) is 17.0 Å². The molecule has 1 aliphatic rings. The summed E-state index contributed by atoms with van der Waals surface area (Å²) in [5.74, 6) is 0.657. The minimum Gasteiger partial charge on any atom is -0.497 e. The van der Waals surface area contributed by atoms with Gasteiger partial charge in [-0.05, 0) is 74.2 Å². The fraction of sp³-hybridized carbons (Fsp3) is 0.364. The van der Waals surface area contributed by atoms with Crippen LogP contribution in [-0.4, -0.2) is 31.7 Å². The topological polar surface area (TPSA) is 73.9 Å². The number of rotatable bonds is 7. The van der Waals surface area contributed by atoms with Crippen LogP contribution >= 0.6 is 0 Å². The molecular weight excluding hydrogens is 358 g/mol. The van der Waals surface area contributed by atoms with Crippen LogP contribution in [0.4, 0.5) is 5.69 Å². The van der Waals surface area contributed by atoms with Crippen molar-refractivity contribution in [3.63, 3.8) is 0 Å². The molecule has 0 radical (unpaired) electrons. The Balaban J connectivity index is 1.46. The number of methoxy groups -OCH3 is 1. The first kappa shape index (κ1) is 19.7. The molecule has 0 aliphatic heterocycles. The molecule has 0 atom stereocenters. The first-order chi connectivity index (χ1) is 13.6. The number of carbonyl (C=O) groups excluding carboxylic acids is 2. The molecule has 0 heterocycles. The molecule has 0 aromatic heterocycles. The Morgan fingerprint density at radius 2 is 1.57 bits per heavy atom. The monoisotopic (exact) mass is 383 g/mol. The second-order valence-electron chi connectivity index (χ2n) is 6.75. The van der Waals surface area contributed by atoms with Gasteiger partial charge in [-0.25, -0.2) is 4.79 Å². The molecule has 0 spiro atoms. The molecule has 1 aliphatic carbocycles. The predicted molar refractivity (Wildman–Crippen MR) is 106 cm³/mol. The second-order valence-corrected chi connectivity index (χ2v) is 6.75. The van der Waals surface area contributed by atoms with Crippen LogP contribution in [0.15, 0.2) is 48.5 Å².